The predicted octanol–water partition coefficient (Wildman–Crippen LogP) is 4.59. The molecule has 1 heterocycles. The number of carbonyl (C=O) groups excluding carboxylic acids is 1. The SMILES string of the molecule is CCn1c(SCC(=O)N[C@@H](C)c2ccccc2)nnc1-c1ccccc1Cl. The first-order valence-electron chi connectivity index (χ1n) is 8.75. The number of thioether (sulfide) groups is 1. The molecule has 1 aromatic heterocycles. The highest BCUT2D eigenvalue weighted by Crippen LogP contribution is 2.29. The molecule has 1 amide bonds. The van der Waals surface area contributed by atoms with Gasteiger partial charge in [0.15, 0.2) is 11.0 Å². The Morgan fingerprint density at radius 3 is 2.56 bits per heavy atom. The molecule has 27 heavy (non-hydrogen) atoms. The zero-order chi connectivity index (χ0) is 19.2. The maximum atomic E-state index is 12.3. The Labute approximate surface area is 168 Å². The maximum absolute atomic E-state index is 12.3. The lowest BCUT2D eigenvalue weighted by Crippen LogP contribution is -2.28. The Balaban J connectivity index is 1.66. The second-order valence-electron chi connectivity index (χ2n) is 6.02. The zero-order valence-electron chi connectivity index (χ0n) is 15.2. The monoisotopic (exact) mass is 400 g/mol. The summed E-state index contributed by atoms with van der Waals surface area (Å²) in [6.07, 6.45) is 0. The molecule has 2 aromatic carbocycles. The normalized spacial score (nSPS) is 12.0. The van der Waals surface area contributed by atoms with E-state index in [1.165, 1.54) is 11.8 Å². The van der Waals surface area contributed by atoms with Gasteiger partial charge in [-0.2, -0.15) is 0 Å². The van der Waals surface area contributed by atoms with E-state index in [1.54, 1.807) is 0 Å². The molecule has 3 aromatic rings. The third kappa shape index (κ3) is 4.70. The van der Waals surface area contributed by atoms with Gasteiger partial charge in [0.2, 0.25) is 5.91 Å². The Morgan fingerprint density at radius 1 is 1.15 bits per heavy atom. The number of hydrogen-bond donors (Lipinski definition) is 1. The van der Waals surface area contributed by atoms with E-state index in [0.717, 1.165) is 11.1 Å². The summed E-state index contributed by atoms with van der Waals surface area (Å²) in [5, 5.41) is 12.9. The first kappa shape index (κ1) is 19.5. The number of amides is 1. The molecular formula is C20H21ClN4OS. The topological polar surface area (TPSA) is 59.8 Å². The Hall–Kier alpha value is -2.31. The van der Waals surface area contributed by atoms with Crippen LogP contribution in [0.15, 0.2) is 59.8 Å². The minimum Gasteiger partial charge on any atom is -0.349 e. The lowest BCUT2D eigenvalue weighted by atomic mass is 10.1. The molecule has 0 saturated heterocycles. The lowest BCUT2D eigenvalue weighted by molar-refractivity contribution is -0.119. The van der Waals surface area contributed by atoms with E-state index in [2.05, 4.69) is 15.5 Å². The van der Waals surface area contributed by atoms with Gasteiger partial charge in [-0.05, 0) is 31.5 Å². The average molecular weight is 401 g/mol. The van der Waals surface area contributed by atoms with Crippen molar-refractivity contribution in [1.29, 1.82) is 0 Å². The van der Waals surface area contributed by atoms with Crippen LogP contribution in [0.25, 0.3) is 11.4 Å². The van der Waals surface area contributed by atoms with E-state index in [0.29, 0.717) is 22.5 Å². The Bertz CT molecular complexity index is 913. The Morgan fingerprint density at radius 2 is 1.85 bits per heavy atom. The molecule has 0 bridgehead atoms. The Kier molecular flexibility index (Phi) is 6.53. The number of rotatable bonds is 7. The van der Waals surface area contributed by atoms with Gasteiger partial charge < -0.3 is 9.88 Å². The molecule has 7 heteroatoms. The maximum Gasteiger partial charge on any atom is 0.230 e. The second kappa shape index (κ2) is 9.06. The minimum atomic E-state index is -0.0405. The van der Waals surface area contributed by atoms with Crippen LogP contribution in [0.1, 0.15) is 25.5 Å². The molecule has 0 aliphatic carbocycles. The van der Waals surface area contributed by atoms with Crippen LogP contribution in [0.3, 0.4) is 0 Å². The van der Waals surface area contributed by atoms with Crippen molar-refractivity contribution in [3.8, 4) is 11.4 Å². The summed E-state index contributed by atoms with van der Waals surface area (Å²) < 4.78 is 1.97. The number of carbonyl (C=O) groups is 1. The van der Waals surface area contributed by atoms with E-state index < -0.39 is 0 Å². The van der Waals surface area contributed by atoms with Gasteiger partial charge in [-0.1, -0.05) is 65.8 Å². The molecular weight excluding hydrogens is 380 g/mol. The lowest BCUT2D eigenvalue weighted by Gasteiger charge is -2.14. The van der Waals surface area contributed by atoms with E-state index in [9.17, 15) is 4.79 Å². The van der Waals surface area contributed by atoms with Crippen molar-refractivity contribution < 1.29 is 4.79 Å². The number of nitrogens with zero attached hydrogens (tertiary/aromatic N) is 3. The molecule has 5 nitrogen and oxygen atoms in total. The first-order chi connectivity index (χ1) is 13.1. The summed E-state index contributed by atoms with van der Waals surface area (Å²) in [5.41, 5.74) is 1.91. The molecule has 0 radical (unpaired) electrons. The summed E-state index contributed by atoms with van der Waals surface area (Å²) in [6.45, 7) is 4.69. The molecule has 0 fully saturated rings. The fourth-order valence-corrected chi connectivity index (χ4v) is 3.79. The smallest absolute Gasteiger partial charge is 0.230 e. The highest BCUT2D eigenvalue weighted by atomic mass is 35.5. The molecule has 0 aliphatic heterocycles. The van der Waals surface area contributed by atoms with Crippen LogP contribution in [-0.2, 0) is 11.3 Å². The van der Waals surface area contributed by atoms with Gasteiger partial charge in [0.25, 0.3) is 0 Å². The number of aromatic nitrogens is 3. The molecule has 1 atom stereocenters. The fourth-order valence-electron chi connectivity index (χ4n) is 2.76. The highest BCUT2D eigenvalue weighted by molar-refractivity contribution is 7.99. The summed E-state index contributed by atoms with van der Waals surface area (Å²) in [5.74, 6) is 0.947. The van der Waals surface area contributed by atoms with Gasteiger partial charge in [-0.25, -0.2) is 0 Å². The predicted molar refractivity (Wildman–Crippen MR) is 110 cm³/mol. The molecule has 1 N–H and O–H groups in total. The van der Waals surface area contributed by atoms with Gasteiger partial charge in [0.05, 0.1) is 16.8 Å². The van der Waals surface area contributed by atoms with E-state index >= 15 is 0 Å². The number of benzene rings is 2. The van der Waals surface area contributed by atoms with Crippen molar-refractivity contribution in [2.24, 2.45) is 0 Å². The van der Waals surface area contributed by atoms with Crippen LogP contribution in [0, 0.1) is 0 Å². The van der Waals surface area contributed by atoms with Crippen LogP contribution in [0.5, 0.6) is 0 Å². The van der Waals surface area contributed by atoms with Crippen molar-refractivity contribution in [2.75, 3.05) is 5.75 Å². The largest absolute Gasteiger partial charge is 0.349 e. The second-order valence-corrected chi connectivity index (χ2v) is 7.37. The zero-order valence-corrected chi connectivity index (χ0v) is 16.8. The van der Waals surface area contributed by atoms with Gasteiger partial charge in [0.1, 0.15) is 0 Å². The van der Waals surface area contributed by atoms with Crippen molar-refractivity contribution in [1.82, 2.24) is 20.1 Å². The van der Waals surface area contributed by atoms with Crippen LogP contribution in [0.4, 0.5) is 0 Å². The number of halogens is 1. The van der Waals surface area contributed by atoms with Crippen LogP contribution in [0.2, 0.25) is 5.02 Å². The van der Waals surface area contributed by atoms with Crippen molar-refractivity contribution in [2.45, 2.75) is 31.6 Å². The molecule has 0 spiro atoms. The van der Waals surface area contributed by atoms with E-state index in [4.69, 9.17) is 11.6 Å². The summed E-state index contributed by atoms with van der Waals surface area (Å²) in [6, 6.07) is 17.4. The molecule has 0 unspecified atom stereocenters. The van der Waals surface area contributed by atoms with Gasteiger partial charge in [0, 0.05) is 12.1 Å². The fraction of sp³-hybridized carbons (Fsp3) is 0.250. The first-order valence-corrected chi connectivity index (χ1v) is 10.1. The van der Waals surface area contributed by atoms with Crippen molar-refractivity contribution in [3.63, 3.8) is 0 Å². The molecule has 140 valence electrons. The minimum absolute atomic E-state index is 0.0398. The molecule has 0 aliphatic rings. The van der Waals surface area contributed by atoms with Crippen LogP contribution < -0.4 is 5.32 Å². The summed E-state index contributed by atoms with van der Waals surface area (Å²) in [4.78, 5) is 12.3. The molecule has 0 saturated carbocycles. The summed E-state index contributed by atoms with van der Waals surface area (Å²) >= 11 is 7.66. The van der Waals surface area contributed by atoms with Gasteiger partial charge in [-0.3, -0.25) is 4.79 Å². The highest BCUT2D eigenvalue weighted by Gasteiger charge is 2.17. The number of hydrogen-bond acceptors (Lipinski definition) is 4. The van der Waals surface area contributed by atoms with Crippen LogP contribution >= 0.6 is 23.4 Å². The number of nitrogens with one attached hydrogen (secondary N) is 1. The average Bonchev–Trinajstić information content (AvgIpc) is 3.10. The van der Waals surface area contributed by atoms with E-state index in [1.807, 2.05) is 73.0 Å². The third-order valence-corrected chi connectivity index (χ3v) is 5.45. The molecule has 3 rings (SSSR count). The summed E-state index contributed by atoms with van der Waals surface area (Å²) in [7, 11) is 0. The van der Waals surface area contributed by atoms with Crippen molar-refractivity contribution in [3.05, 3.63) is 65.2 Å². The third-order valence-electron chi connectivity index (χ3n) is 4.16. The van der Waals surface area contributed by atoms with Gasteiger partial charge >= 0.3 is 0 Å². The van der Waals surface area contributed by atoms with Crippen molar-refractivity contribution >= 4 is 29.3 Å². The van der Waals surface area contributed by atoms with Crippen LogP contribution in [-0.4, -0.2) is 26.4 Å². The quantitative estimate of drug-likeness (QED) is 0.589. The van der Waals surface area contributed by atoms with Gasteiger partial charge in [-0.15, -0.1) is 10.2 Å². The standard InChI is InChI=1S/C20H21ClN4OS/c1-3-25-19(16-11-7-8-12-17(16)21)23-24-20(25)27-13-18(26)22-14(2)15-9-5-4-6-10-15/h4-12,14H,3,13H2,1-2H3,(H,22,26)/t14-/m0/s1. The van der Waals surface area contributed by atoms with E-state index in [-0.39, 0.29) is 17.7 Å².